The van der Waals surface area contributed by atoms with Gasteiger partial charge in [-0.1, -0.05) is 54.8 Å². The molecule has 2 saturated heterocycles. The molecule has 0 bridgehead atoms. The molecular weight excluding hydrogens is 458 g/mol. The van der Waals surface area contributed by atoms with Crippen molar-refractivity contribution in [1.29, 1.82) is 5.26 Å². The Morgan fingerprint density at radius 1 is 0.946 bits per heavy atom. The number of aryl methyl sites for hydroxylation is 2. The number of nitriles is 1. The van der Waals surface area contributed by atoms with Gasteiger partial charge in [0.1, 0.15) is 5.82 Å². The van der Waals surface area contributed by atoms with Crippen molar-refractivity contribution in [2.45, 2.75) is 60.0 Å². The number of hydrogen-bond donors (Lipinski definition) is 0. The molecule has 2 aromatic carbocycles. The van der Waals surface area contributed by atoms with Crippen LogP contribution >= 0.6 is 0 Å². The Kier molecular flexibility index (Phi) is 9.02. The summed E-state index contributed by atoms with van der Waals surface area (Å²) in [6.45, 7) is 15.2. The molecular formula is C31H41N5O. The molecule has 0 aliphatic carbocycles. The third kappa shape index (κ3) is 6.80. The molecule has 2 heterocycles. The molecule has 2 aliphatic heterocycles. The lowest BCUT2D eigenvalue weighted by Crippen LogP contribution is -2.37. The summed E-state index contributed by atoms with van der Waals surface area (Å²) in [5.74, 6) is 0.702. The molecule has 0 saturated carbocycles. The van der Waals surface area contributed by atoms with Gasteiger partial charge in [0.15, 0.2) is 0 Å². The number of allylic oxidation sites excluding steroid dienone is 1. The summed E-state index contributed by atoms with van der Waals surface area (Å²) in [6.07, 6.45) is 3.99. The normalized spacial score (nSPS) is 17.8. The first-order chi connectivity index (χ1) is 17.9. The van der Waals surface area contributed by atoms with Gasteiger partial charge in [-0.2, -0.15) is 5.26 Å². The predicted molar refractivity (Wildman–Crippen MR) is 148 cm³/mol. The molecule has 0 radical (unpaired) electrons. The summed E-state index contributed by atoms with van der Waals surface area (Å²) in [5.41, 5.74) is 6.06. The minimum Gasteiger partial charge on any atom is -0.342 e. The minimum atomic E-state index is -0.0359. The summed E-state index contributed by atoms with van der Waals surface area (Å²) in [7, 11) is 0. The van der Waals surface area contributed by atoms with Crippen molar-refractivity contribution in [3.63, 3.8) is 0 Å². The lowest BCUT2D eigenvalue weighted by molar-refractivity contribution is 0.0807. The van der Waals surface area contributed by atoms with Gasteiger partial charge in [-0.3, -0.25) is 19.5 Å². The number of likely N-dealkylation sites (tertiary alicyclic amines) is 1. The Labute approximate surface area is 222 Å². The molecule has 2 aliphatic rings. The second kappa shape index (κ2) is 12.4. The molecule has 0 atom stereocenters. The Hall–Kier alpha value is -3.14. The van der Waals surface area contributed by atoms with E-state index in [1.54, 1.807) is 4.90 Å². The van der Waals surface area contributed by atoms with Crippen LogP contribution in [0, 0.1) is 25.2 Å². The fraction of sp³-hybridized carbons (Fsp3) is 0.484. The van der Waals surface area contributed by atoms with Gasteiger partial charge in [-0.15, -0.1) is 0 Å². The van der Waals surface area contributed by atoms with Crippen molar-refractivity contribution < 1.29 is 4.79 Å². The second-order valence-electron chi connectivity index (χ2n) is 10.6. The smallest absolute Gasteiger partial charge is 0.259 e. The number of carbonyl (C=O) groups excluding carboxylic acids is 1. The van der Waals surface area contributed by atoms with Crippen LogP contribution in [-0.2, 0) is 13.1 Å². The Morgan fingerprint density at radius 3 is 2.22 bits per heavy atom. The zero-order chi connectivity index (χ0) is 26.4. The van der Waals surface area contributed by atoms with E-state index in [9.17, 15) is 10.1 Å². The molecule has 0 spiro atoms. The average molecular weight is 500 g/mol. The standard InChI is InChI=1S/C31H41N5O/c1-5-33(21-27-9-11-28(12-10-27)22-34-13-7-6-8-14-34)23-35-15-16-36(30(35)26(4)20-32)31(37)29-18-24(2)17-25(3)19-29/h9-12,17-19H,5-8,13-16,21-23H2,1-4H3/b30-26-. The van der Waals surface area contributed by atoms with Gasteiger partial charge in [-0.05, 0) is 76.5 Å². The van der Waals surface area contributed by atoms with Crippen LogP contribution in [0.25, 0.3) is 0 Å². The fourth-order valence-corrected chi connectivity index (χ4v) is 5.57. The highest BCUT2D eigenvalue weighted by Gasteiger charge is 2.33. The first-order valence-corrected chi connectivity index (χ1v) is 13.7. The van der Waals surface area contributed by atoms with Crippen molar-refractivity contribution in [3.8, 4) is 6.07 Å². The SMILES string of the molecule is CCN(Cc1ccc(CN2CCCCC2)cc1)CN1CCN(C(=O)c2cc(C)cc(C)c2)/C1=C(/C)C#N. The topological polar surface area (TPSA) is 53.8 Å². The van der Waals surface area contributed by atoms with Gasteiger partial charge in [-0.25, -0.2) is 0 Å². The third-order valence-electron chi connectivity index (χ3n) is 7.47. The van der Waals surface area contributed by atoms with Crippen LogP contribution in [-0.4, -0.2) is 64.9 Å². The van der Waals surface area contributed by atoms with Crippen LogP contribution in [0.1, 0.15) is 65.7 Å². The number of amides is 1. The zero-order valence-corrected chi connectivity index (χ0v) is 23.0. The van der Waals surface area contributed by atoms with Crippen molar-refractivity contribution in [1.82, 2.24) is 19.6 Å². The summed E-state index contributed by atoms with van der Waals surface area (Å²) >= 11 is 0. The Morgan fingerprint density at radius 2 is 1.59 bits per heavy atom. The fourth-order valence-electron chi connectivity index (χ4n) is 5.57. The van der Waals surface area contributed by atoms with Gasteiger partial charge >= 0.3 is 0 Å². The molecule has 1 amide bonds. The lowest BCUT2D eigenvalue weighted by Gasteiger charge is -2.30. The Balaban J connectivity index is 1.43. The van der Waals surface area contributed by atoms with Gasteiger partial charge in [0, 0.05) is 31.7 Å². The number of hydrogen-bond acceptors (Lipinski definition) is 5. The van der Waals surface area contributed by atoms with Crippen molar-refractivity contribution >= 4 is 5.91 Å². The summed E-state index contributed by atoms with van der Waals surface area (Å²) in [6, 6.07) is 17.3. The van der Waals surface area contributed by atoms with E-state index in [0.29, 0.717) is 24.4 Å². The van der Waals surface area contributed by atoms with E-state index in [1.807, 2.05) is 32.9 Å². The van der Waals surface area contributed by atoms with E-state index in [2.05, 4.69) is 58.0 Å². The molecule has 4 rings (SSSR count). The molecule has 0 aromatic heterocycles. The highest BCUT2D eigenvalue weighted by molar-refractivity contribution is 5.96. The van der Waals surface area contributed by atoms with E-state index in [1.165, 1.54) is 43.5 Å². The predicted octanol–water partition coefficient (Wildman–Crippen LogP) is 5.28. The van der Waals surface area contributed by atoms with Gasteiger partial charge < -0.3 is 4.90 Å². The summed E-state index contributed by atoms with van der Waals surface area (Å²) < 4.78 is 0. The maximum atomic E-state index is 13.5. The Bertz CT molecular complexity index is 1140. The summed E-state index contributed by atoms with van der Waals surface area (Å²) in [4.78, 5) is 22.4. The van der Waals surface area contributed by atoms with E-state index < -0.39 is 0 Å². The van der Waals surface area contributed by atoms with E-state index >= 15 is 0 Å². The monoisotopic (exact) mass is 499 g/mol. The maximum absolute atomic E-state index is 13.5. The van der Waals surface area contributed by atoms with Crippen LogP contribution in [0.4, 0.5) is 0 Å². The van der Waals surface area contributed by atoms with Gasteiger partial charge in [0.05, 0.1) is 18.3 Å². The number of carbonyl (C=O) groups is 1. The van der Waals surface area contributed by atoms with Crippen LogP contribution in [0.2, 0.25) is 0 Å². The van der Waals surface area contributed by atoms with Crippen molar-refractivity contribution in [2.24, 2.45) is 0 Å². The van der Waals surface area contributed by atoms with Crippen LogP contribution in [0.5, 0.6) is 0 Å². The largest absolute Gasteiger partial charge is 0.342 e. The zero-order valence-electron chi connectivity index (χ0n) is 23.0. The average Bonchev–Trinajstić information content (AvgIpc) is 3.32. The van der Waals surface area contributed by atoms with Crippen molar-refractivity contribution in [3.05, 3.63) is 81.7 Å². The second-order valence-corrected chi connectivity index (χ2v) is 10.6. The van der Waals surface area contributed by atoms with Crippen molar-refractivity contribution in [2.75, 3.05) is 39.4 Å². The van der Waals surface area contributed by atoms with Crippen LogP contribution in [0.3, 0.4) is 0 Å². The van der Waals surface area contributed by atoms with E-state index in [4.69, 9.17) is 0 Å². The van der Waals surface area contributed by atoms with E-state index in [-0.39, 0.29) is 5.91 Å². The van der Waals surface area contributed by atoms with Crippen LogP contribution in [0.15, 0.2) is 53.9 Å². The van der Waals surface area contributed by atoms with E-state index in [0.717, 1.165) is 43.1 Å². The summed E-state index contributed by atoms with van der Waals surface area (Å²) in [5, 5.41) is 9.75. The quantitative estimate of drug-likeness (QED) is 0.463. The van der Waals surface area contributed by atoms with Crippen LogP contribution < -0.4 is 0 Å². The molecule has 2 aromatic rings. The first kappa shape index (κ1) is 26.9. The molecule has 6 nitrogen and oxygen atoms in total. The number of piperidine rings is 1. The number of benzene rings is 2. The lowest BCUT2D eigenvalue weighted by atomic mass is 10.1. The molecule has 0 N–H and O–H groups in total. The number of nitrogens with zero attached hydrogens (tertiary/aromatic N) is 5. The van der Waals surface area contributed by atoms with Gasteiger partial charge in [0.2, 0.25) is 0 Å². The maximum Gasteiger partial charge on any atom is 0.259 e. The number of rotatable bonds is 8. The highest BCUT2D eigenvalue weighted by Crippen LogP contribution is 2.26. The first-order valence-electron chi connectivity index (χ1n) is 13.7. The molecule has 196 valence electrons. The third-order valence-corrected chi connectivity index (χ3v) is 7.47. The molecule has 2 fully saturated rings. The minimum absolute atomic E-state index is 0.0359. The molecule has 0 unspecified atom stereocenters. The highest BCUT2D eigenvalue weighted by atomic mass is 16.2. The molecule has 37 heavy (non-hydrogen) atoms. The molecule has 6 heteroatoms. The van der Waals surface area contributed by atoms with Gasteiger partial charge in [0.25, 0.3) is 5.91 Å².